The number of ether oxygens (including phenoxy) is 3. The van der Waals surface area contributed by atoms with E-state index in [9.17, 15) is 4.79 Å². The molecule has 0 radical (unpaired) electrons. The third kappa shape index (κ3) is 6.71. The predicted octanol–water partition coefficient (Wildman–Crippen LogP) is 4.86. The summed E-state index contributed by atoms with van der Waals surface area (Å²) >= 11 is 0. The number of unbranched alkanes of at least 4 members (excludes halogenated alkanes) is 3. The first-order valence-electron chi connectivity index (χ1n) is 11.3. The van der Waals surface area contributed by atoms with Gasteiger partial charge in [0, 0.05) is 13.2 Å². The Kier molecular flexibility index (Phi) is 8.81. The van der Waals surface area contributed by atoms with Crippen LogP contribution in [0.15, 0.2) is 24.3 Å². The van der Waals surface area contributed by atoms with Crippen molar-refractivity contribution in [2.45, 2.75) is 76.9 Å². The molecular weight excluding hydrogens is 368 g/mol. The van der Waals surface area contributed by atoms with E-state index in [1.807, 2.05) is 18.2 Å². The highest BCUT2D eigenvalue weighted by molar-refractivity contribution is 5.68. The fourth-order valence-corrected chi connectivity index (χ4v) is 4.89. The van der Waals surface area contributed by atoms with E-state index in [0.717, 1.165) is 38.9 Å². The molecule has 1 aromatic rings. The first-order valence-corrected chi connectivity index (χ1v) is 11.3. The van der Waals surface area contributed by atoms with E-state index in [1.165, 1.54) is 37.7 Å². The molecule has 2 aliphatic rings. The maximum Gasteiger partial charge on any atom is 0.341 e. The van der Waals surface area contributed by atoms with E-state index in [0.29, 0.717) is 29.8 Å². The van der Waals surface area contributed by atoms with Gasteiger partial charge in [0.15, 0.2) is 6.61 Å². The van der Waals surface area contributed by atoms with E-state index in [4.69, 9.17) is 19.3 Å². The molecule has 0 saturated carbocycles. The Labute approximate surface area is 174 Å². The SMILES string of the molecule is CCCCCCOCCC[C@@H]1[C@H](Cc2cccc(OCC(=O)O)c2)[C@@H]2CC[C@H]1O2. The highest BCUT2D eigenvalue weighted by Gasteiger charge is 2.47. The zero-order valence-electron chi connectivity index (χ0n) is 17.7. The van der Waals surface area contributed by atoms with Crippen LogP contribution in [0.2, 0.25) is 0 Å². The van der Waals surface area contributed by atoms with Gasteiger partial charge in [0.2, 0.25) is 0 Å². The number of hydrogen-bond acceptors (Lipinski definition) is 4. The molecule has 3 rings (SSSR count). The monoisotopic (exact) mass is 404 g/mol. The van der Waals surface area contributed by atoms with Crippen LogP contribution in [0.4, 0.5) is 0 Å². The van der Waals surface area contributed by atoms with E-state index in [2.05, 4.69) is 13.0 Å². The maximum absolute atomic E-state index is 10.7. The average molecular weight is 405 g/mol. The van der Waals surface area contributed by atoms with Crippen LogP contribution in [0.1, 0.15) is 63.9 Å². The fourth-order valence-electron chi connectivity index (χ4n) is 4.89. The number of carboxylic acid groups (broad SMARTS) is 1. The molecular formula is C24H36O5. The van der Waals surface area contributed by atoms with Gasteiger partial charge in [-0.3, -0.25) is 0 Å². The van der Waals surface area contributed by atoms with Gasteiger partial charge in [-0.1, -0.05) is 38.3 Å². The Morgan fingerprint density at radius 3 is 2.69 bits per heavy atom. The standard InChI is InChI=1S/C24H36O5/c1-2-3-4-5-13-27-14-7-10-20-21(23-12-11-22(20)29-23)16-18-8-6-9-19(15-18)28-17-24(25)26/h6,8-9,15,20-23H,2-5,7,10-14,16-17H2,1H3,(H,25,26)/t20-,21+,22-,23+/m1/s1. The van der Waals surface area contributed by atoms with Gasteiger partial charge in [-0.05, 0) is 68.1 Å². The summed E-state index contributed by atoms with van der Waals surface area (Å²) in [5.41, 5.74) is 1.20. The Hall–Kier alpha value is -1.59. The molecule has 4 atom stereocenters. The van der Waals surface area contributed by atoms with Crippen molar-refractivity contribution in [3.05, 3.63) is 29.8 Å². The fraction of sp³-hybridized carbons (Fsp3) is 0.708. The minimum absolute atomic E-state index is 0.304. The second kappa shape index (κ2) is 11.6. The normalized spacial score (nSPS) is 25.4. The third-order valence-corrected chi connectivity index (χ3v) is 6.29. The minimum Gasteiger partial charge on any atom is -0.482 e. The van der Waals surface area contributed by atoms with E-state index >= 15 is 0 Å². The molecule has 2 saturated heterocycles. The number of benzene rings is 1. The zero-order valence-corrected chi connectivity index (χ0v) is 17.7. The summed E-state index contributed by atoms with van der Waals surface area (Å²) in [5.74, 6) is 0.806. The van der Waals surface area contributed by atoms with Gasteiger partial charge in [0.25, 0.3) is 0 Å². The molecule has 2 aliphatic heterocycles. The smallest absolute Gasteiger partial charge is 0.341 e. The minimum atomic E-state index is -0.954. The molecule has 2 bridgehead atoms. The topological polar surface area (TPSA) is 65.0 Å². The third-order valence-electron chi connectivity index (χ3n) is 6.29. The van der Waals surface area contributed by atoms with Crippen LogP contribution in [-0.2, 0) is 20.7 Å². The highest BCUT2D eigenvalue weighted by Crippen LogP contribution is 2.46. The number of fused-ring (bicyclic) bond motifs is 2. The summed E-state index contributed by atoms with van der Waals surface area (Å²) in [5, 5.41) is 8.80. The summed E-state index contributed by atoms with van der Waals surface area (Å²) in [6, 6.07) is 7.85. The molecule has 0 aliphatic carbocycles. The van der Waals surface area contributed by atoms with Crippen molar-refractivity contribution in [3.63, 3.8) is 0 Å². The molecule has 2 fully saturated rings. The highest BCUT2D eigenvalue weighted by atomic mass is 16.5. The lowest BCUT2D eigenvalue weighted by atomic mass is 9.74. The van der Waals surface area contributed by atoms with Crippen LogP contribution in [-0.4, -0.2) is 43.1 Å². The van der Waals surface area contributed by atoms with Crippen molar-refractivity contribution in [2.75, 3.05) is 19.8 Å². The van der Waals surface area contributed by atoms with E-state index < -0.39 is 5.97 Å². The Morgan fingerprint density at radius 2 is 1.90 bits per heavy atom. The predicted molar refractivity (Wildman–Crippen MR) is 112 cm³/mol. The second-order valence-electron chi connectivity index (χ2n) is 8.47. The number of rotatable bonds is 14. The number of carboxylic acids is 1. The van der Waals surface area contributed by atoms with Crippen molar-refractivity contribution in [1.29, 1.82) is 0 Å². The first-order chi connectivity index (χ1) is 14.2. The summed E-state index contributed by atoms with van der Waals surface area (Å²) < 4.78 is 17.4. The summed E-state index contributed by atoms with van der Waals surface area (Å²) in [6.45, 7) is 3.67. The molecule has 0 spiro atoms. The van der Waals surface area contributed by atoms with Crippen molar-refractivity contribution < 1.29 is 24.1 Å². The Morgan fingerprint density at radius 1 is 1.10 bits per heavy atom. The number of aliphatic carboxylic acids is 1. The van der Waals surface area contributed by atoms with Gasteiger partial charge >= 0.3 is 5.97 Å². The van der Waals surface area contributed by atoms with Gasteiger partial charge < -0.3 is 19.3 Å². The largest absolute Gasteiger partial charge is 0.482 e. The van der Waals surface area contributed by atoms with E-state index in [-0.39, 0.29) is 6.61 Å². The second-order valence-corrected chi connectivity index (χ2v) is 8.47. The molecule has 1 N–H and O–H groups in total. The van der Waals surface area contributed by atoms with Crippen molar-refractivity contribution in [2.24, 2.45) is 11.8 Å². The molecule has 0 aromatic heterocycles. The molecule has 5 nitrogen and oxygen atoms in total. The molecule has 0 amide bonds. The van der Waals surface area contributed by atoms with Gasteiger partial charge in [0.1, 0.15) is 5.75 Å². The van der Waals surface area contributed by atoms with Crippen LogP contribution >= 0.6 is 0 Å². The van der Waals surface area contributed by atoms with Crippen LogP contribution < -0.4 is 4.74 Å². The van der Waals surface area contributed by atoms with Gasteiger partial charge in [-0.2, -0.15) is 0 Å². The van der Waals surface area contributed by atoms with Crippen LogP contribution in [0, 0.1) is 11.8 Å². The van der Waals surface area contributed by atoms with Crippen LogP contribution in [0.5, 0.6) is 5.75 Å². The summed E-state index contributed by atoms with van der Waals surface area (Å²) in [7, 11) is 0. The number of hydrogen-bond donors (Lipinski definition) is 1. The van der Waals surface area contributed by atoms with E-state index in [1.54, 1.807) is 0 Å². The van der Waals surface area contributed by atoms with Crippen LogP contribution in [0.25, 0.3) is 0 Å². The average Bonchev–Trinajstić information content (AvgIpc) is 3.31. The summed E-state index contributed by atoms with van der Waals surface area (Å²) in [6.07, 6.45) is 11.4. The van der Waals surface area contributed by atoms with Gasteiger partial charge in [-0.25, -0.2) is 4.79 Å². The van der Waals surface area contributed by atoms with Crippen molar-refractivity contribution >= 4 is 5.97 Å². The molecule has 162 valence electrons. The lowest BCUT2D eigenvalue weighted by Crippen LogP contribution is -2.29. The molecule has 0 unspecified atom stereocenters. The molecule has 1 aromatic carbocycles. The van der Waals surface area contributed by atoms with Gasteiger partial charge in [0.05, 0.1) is 12.2 Å². The Bertz CT molecular complexity index is 631. The van der Waals surface area contributed by atoms with Crippen molar-refractivity contribution in [3.8, 4) is 5.75 Å². The summed E-state index contributed by atoms with van der Waals surface area (Å²) in [4.78, 5) is 10.7. The molecule has 5 heteroatoms. The molecule has 29 heavy (non-hydrogen) atoms. The maximum atomic E-state index is 10.7. The van der Waals surface area contributed by atoms with Gasteiger partial charge in [-0.15, -0.1) is 0 Å². The van der Waals surface area contributed by atoms with Crippen LogP contribution in [0.3, 0.4) is 0 Å². The van der Waals surface area contributed by atoms with Crippen molar-refractivity contribution in [1.82, 2.24) is 0 Å². The quantitative estimate of drug-likeness (QED) is 0.449. The lowest BCUT2D eigenvalue weighted by molar-refractivity contribution is -0.139. The zero-order chi connectivity index (χ0) is 20.5. The lowest BCUT2D eigenvalue weighted by Gasteiger charge is -2.28. The molecule has 2 heterocycles. The number of carbonyl (C=O) groups is 1. The Balaban J connectivity index is 1.45. The first kappa shape index (κ1) is 22.1.